The summed E-state index contributed by atoms with van der Waals surface area (Å²) in [4.78, 5) is 0.612. The molecule has 0 unspecified atom stereocenters. The van der Waals surface area contributed by atoms with Gasteiger partial charge in [0.2, 0.25) is 0 Å². The number of hydrogen-bond acceptors (Lipinski definition) is 1. The summed E-state index contributed by atoms with van der Waals surface area (Å²) in [6.07, 6.45) is 0. The zero-order chi connectivity index (χ0) is 7.72. The molecule has 0 aliphatic heterocycles. The van der Waals surface area contributed by atoms with Crippen molar-refractivity contribution in [3.05, 3.63) is 28.5 Å². The molecule has 0 saturated heterocycles. The summed E-state index contributed by atoms with van der Waals surface area (Å²) >= 11 is 9.59. The molecule has 0 nitrogen and oxygen atoms in total. The van der Waals surface area contributed by atoms with Crippen molar-refractivity contribution in [2.75, 3.05) is 0 Å². The van der Waals surface area contributed by atoms with Crippen LogP contribution in [-0.4, -0.2) is 0 Å². The second kappa shape index (κ2) is 2.81. The minimum Gasteiger partial charge on any atom is -0.207 e. The lowest BCUT2D eigenvalue weighted by atomic mass is 10.2. The van der Waals surface area contributed by atoms with E-state index >= 15 is 0 Å². The van der Waals surface area contributed by atoms with Gasteiger partial charge in [-0.3, -0.25) is 0 Å². The van der Waals surface area contributed by atoms with Crippen LogP contribution >= 0.6 is 24.2 Å². The van der Waals surface area contributed by atoms with Crippen molar-refractivity contribution in [1.29, 1.82) is 0 Å². The molecule has 10 heavy (non-hydrogen) atoms. The van der Waals surface area contributed by atoms with E-state index in [9.17, 15) is 4.39 Å². The van der Waals surface area contributed by atoms with E-state index in [1.165, 1.54) is 6.07 Å². The summed E-state index contributed by atoms with van der Waals surface area (Å²) in [5.41, 5.74) is 0.564. The van der Waals surface area contributed by atoms with Crippen molar-refractivity contribution in [1.82, 2.24) is 0 Å². The second-order valence-electron chi connectivity index (χ2n) is 2.05. The summed E-state index contributed by atoms with van der Waals surface area (Å²) in [5.74, 6) is -0.289. The predicted molar refractivity (Wildman–Crippen MR) is 43.4 cm³/mol. The fraction of sp³-hybridized carbons (Fsp3) is 0.143. The van der Waals surface area contributed by atoms with Crippen molar-refractivity contribution in [3.8, 4) is 0 Å². The molecule has 0 spiro atoms. The summed E-state index contributed by atoms with van der Waals surface area (Å²) in [6, 6.07) is 2.86. The summed E-state index contributed by atoms with van der Waals surface area (Å²) in [5, 5.41) is 0.353. The van der Waals surface area contributed by atoms with E-state index in [0.717, 1.165) is 0 Å². The maximum atomic E-state index is 12.6. The topological polar surface area (TPSA) is 0 Å². The Morgan fingerprint density at radius 2 is 2.10 bits per heavy atom. The Hall–Kier alpha value is -0.210. The lowest BCUT2D eigenvalue weighted by molar-refractivity contribution is 0.617. The van der Waals surface area contributed by atoms with Crippen molar-refractivity contribution in [2.45, 2.75) is 11.8 Å². The second-order valence-corrected chi connectivity index (χ2v) is 2.94. The van der Waals surface area contributed by atoms with Crippen LogP contribution in [0, 0.1) is 12.7 Å². The van der Waals surface area contributed by atoms with Gasteiger partial charge in [0.15, 0.2) is 0 Å². The molecule has 0 aliphatic carbocycles. The molecule has 1 aromatic rings. The number of thiol groups is 1. The average Bonchev–Trinajstić information content (AvgIpc) is 1.84. The number of benzene rings is 1. The molecule has 0 atom stereocenters. The smallest absolute Gasteiger partial charge is 0.127 e. The van der Waals surface area contributed by atoms with E-state index in [1.54, 1.807) is 13.0 Å². The Balaban J connectivity index is 3.28. The molecular weight excluding hydrogens is 171 g/mol. The third-order valence-corrected chi connectivity index (χ3v) is 2.04. The molecule has 1 rings (SSSR count). The zero-order valence-corrected chi connectivity index (χ0v) is 7.01. The van der Waals surface area contributed by atoms with E-state index in [-0.39, 0.29) is 5.82 Å². The lowest BCUT2D eigenvalue weighted by Gasteiger charge is -1.98. The number of rotatable bonds is 0. The molecular formula is C7H6ClFS. The van der Waals surface area contributed by atoms with Crippen LogP contribution in [0.2, 0.25) is 5.02 Å². The van der Waals surface area contributed by atoms with Crippen LogP contribution in [0.4, 0.5) is 4.39 Å². The first kappa shape index (κ1) is 7.89. The van der Waals surface area contributed by atoms with Crippen molar-refractivity contribution < 1.29 is 4.39 Å². The Kier molecular flexibility index (Phi) is 2.21. The van der Waals surface area contributed by atoms with E-state index in [2.05, 4.69) is 12.6 Å². The summed E-state index contributed by atoms with van der Waals surface area (Å²) in [6.45, 7) is 1.67. The largest absolute Gasteiger partial charge is 0.207 e. The van der Waals surface area contributed by atoms with Crippen LogP contribution in [-0.2, 0) is 0 Å². The standard InChI is InChI=1S/C7H6ClFS/c1-4-2-7(10)5(8)3-6(4)9/h2-3,10H,1H3. The Morgan fingerprint density at radius 1 is 1.50 bits per heavy atom. The summed E-state index contributed by atoms with van der Waals surface area (Å²) < 4.78 is 12.6. The van der Waals surface area contributed by atoms with Crippen LogP contribution < -0.4 is 0 Å². The zero-order valence-electron chi connectivity index (χ0n) is 5.36. The van der Waals surface area contributed by atoms with Gasteiger partial charge in [0.25, 0.3) is 0 Å². The molecule has 54 valence electrons. The highest BCUT2D eigenvalue weighted by Crippen LogP contribution is 2.22. The fourth-order valence-electron chi connectivity index (χ4n) is 0.642. The maximum absolute atomic E-state index is 12.6. The van der Waals surface area contributed by atoms with Crippen molar-refractivity contribution in [2.24, 2.45) is 0 Å². The SMILES string of the molecule is Cc1cc(S)c(Cl)cc1F. The van der Waals surface area contributed by atoms with E-state index in [4.69, 9.17) is 11.6 Å². The molecule has 0 heterocycles. The quantitative estimate of drug-likeness (QED) is 0.577. The molecule has 0 radical (unpaired) electrons. The first-order valence-electron chi connectivity index (χ1n) is 2.76. The maximum Gasteiger partial charge on any atom is 0.127 e. The van der Waals surface area contributed by atoms with Crippen molar-refractivity contribution >= 4 is 24.2 Å². The van der Waals surface area contributed by atoms with Gasteiger partial charge in [-0.15, -0.1) is 12.6 Å². The number of aryl methyl sites for hydroxylation is 1. The van der Waals surface area contributed by atoms with Gasteiger partial charge in [-0.1, -0.05) is 11.6 Å². The highest BCUT2D eigenvalue weighted by molar-refractivity contribution is 7.80. The summed E-state index contributed by atoms with van der Waals surface area (Å²) in [7, 11) is 0. The molecule has 0 saturated carbocycles. The fourth-order valence-corrected chi connectivity index (χ4v) is 1.05. The van der Waals surface area contributed by atoms with Gasteiger partial charge in [0, 0.05) is 4.90 Å². The number of halogens is 2. The first-order valence-corrected chi connectivity index (χ1v) is 3.58. The first-order chi connectivity index (χ1) is 4.61. The molecule has 0 fully saturated rings. The average molecular weight is 177 g/mol. The van der Waals surface area contributed by atoms with Crippen LogP contribution in [0.1, 0.15) is 5.56 Å². The molecule has 0 aliphatic rings. The molecule has 0 aromatic heterocycles. The Labute approximate surface area is 69.4 Å². The van der Waals surface area contributed by atoms with E-state index in [1.807, 2.05) is 0 Å². The highest BCUT2D eigenvalue weighted by Gasteiger charge is 2.00. The van der Waals surface area contributed by atoms with Crippen LogP contribution in [0.15, 0.2) is 17.0 Å². The van der Waals surface area contributed by atoms with E-state index in [0.29, 0.717) is 15.5 Å². The van der Waals surface area contributed by atoms with Crippen LogP contribution in [0.25, 0.3) is 0 Å². The normalized spacial score (nSPS) is 10.0. The van der Waals surface area contributed by atoms with Gasteiger partial charge >= 0.3 is 0 Å². The third kappa shape index (κ3) is 1.44. The Bertz CT molecular complexity index is 210. The van der Waals surface area contributed by atoms with Gasteiger partial charge in [0.05, 0.1) is 5.02 Å². The number of hydrogen-bond donors (Lipinski definition) is 1. The lowest BCUT2D eigenvalue weighted by Crippen LogP contribution is -1.81. The van der Waals surface area contributed by atoms with Gasteiger partial charge in [-0.2, -0.15) is 0 Å². The minimum atomic E-state index is -0.289. The van der Waals surface area contributed by atoms with Crippen LogP contribution in [0.3, 0.4) is 0 Å². The molecule has 3 heteroatoms. The van der Waals surface area contributed by atoms with Gasteiger partial charge in [-0.05, 0) is 24.6 Å². The third-order valence-electron chi connectivity index (χ3n) is 1.23. The molecule has 0 N–H and O–H groups in total. The Morgan fingerprint density at radius 3 is 2.60 bits per heavy atom. The van der Waals surface area contributed by atoms with E-state index < -0.39 is 0 Å². The van der Waals surface area contributed by atoms with Crippen molar-refractivity contribution in [3.63, 3.8) is 0 Å². The molecule has 1 aromatic carbocycles. The van der Waals surface area contributed by atoms with Crippen LogP contribution in [0.5, 0.6) is 0 Å². The monoisotopic (exact) mass is 176 g/mol. The highest BCUT2D eigenvalue weighted by atomic mass is 35.5. The molecule has 0 bridgehead atoms. The van der Waals surface area contributed by atoms with Gasteiger partial charge < -0.3 is 0 Å². The predicted octanol–water partition coefficient (Wildman–Crippen LogP) is 3.08. The van der Waals surface area contributed by atoms with Gasteiger partial charge in [-0.25, -0.2) is 4.39 Å². The minimum absolute atomic E-state index is 0.289. The molecule has 0 amide bonds. The van der Waals surface area contributed by atoms with Gasteiger partial charge in [0.1, 0.15) is 5.82 Å².